The van der Waals surface area contributed by atoms with Gasteiger partial charge in [0.2, 0.25) is 11.8 Å². The molecule has 4 heterocycles. The van der Waals surface area contributed by atoms with Crippen LogP contribution in [0.3, 0.4) is 0 Å². The molecule has 2 aromatic carbocycles. The van der Waals surface area contributed by atoms with Gasteiger partial charge < -0.3 is 39.9 Å². The summed E-state index contributed by atoms with van der Waals surface area (Å²) in [6, 6.07) is 12.4. The van der Waals surface area contributed by atoms with Crippen molar-refractivity contribution in [2.45, 2.75) is 84.5 Å². The van der Waals surface area contributed by atoms with E-state index in [-0.39, 0.29) is 35.7 Å². The Kier molecular flexibility index (Phi) is 12.5. The lowest BCUT2D eigenvalue weighted by Gasteiger charge is -2.40. The van der Waals surface area contributed by atoms with E-state index in [1.165, 1.54) is 14.2 Å². The van der Waals surface area contributed by atoms with Crippen LogP contribution in [0.25, 0.3) is 34.4 Å². The summed E-state index contributed by atoms with van der Waals surface area (Å²) in [7, 11) is 2.58. The molecule has 0 aliphatic carbocycles. The second-order valence-corrected chi connectivity index (χ2v) is 15.6. The largest absolute Gasteiger partial charge is 0.453 e. The van der Waals surface area contributed by atoms with Crippen LogP contribution in [-0.4, -0.2) is 93.1 Å². The maximum absolute atomic E-state index is 13.8. The number of nitrogens with zero attached hydrogens (tertiary/aromatic N) is 4. The Morgan fingerprint density at radius 3 is 2.02 bits per heavy atom. The highest BCUT2D eigenvalue weighted by molar-refractivity contribution is 5.87. The normalized spacial score (nSPS) is 19.8. The Labute approximate surface area is 327 Å². The standard InChI is InChI=1S/C42H54N8O6/c1-24(2)35(47-41(53)55-6)39(51)49-19-8-9-33(49)37-43-23-32(46-37)29-15-12-27(13-16-29)10-11-28-14-17-30-31(22-28)45-38(44-30)34-21-26(5)18-20-50(34)40(52)36(25(3)4)48-42(54)56-7/h10-17,22-26,33-36H,8-9,18-21H2,1-7H3,(H,43,46)(H,44,45)(H,47,53)(H,48,54)/b11-10+/t26-,33-,34-,35-,36-/m0/s1. The summed E-state index contributed by atoms with van der Waals surface area (Å²) in [6.07, 6.45) is 7.99. The van der Waals surface area contributed by atoms with Crippen LogP contribution in [0.1, 0.15) is 95.2 Å². The van der Waals surface area contributed by atoms with Crippen LogP contribution in [0.2, 0.25) is 0 Å². The van der Waals surface area contributed by atoms with Gasteiger partial charge in [0.05, 0.1) is 43.0 Å². The lowest BCUT2D eigenvalue weighted by molar-refractivity contribution is -0.139. The average Bonchev–Trinajstić information content (AvgIpc) is 3.97. The Hall–Kier alpha value is -5.66. The number of piperidine rings is 1. The average molecular weight is 767 g/mol. The number of carbonyl (C=O) groups is 4. The molecular formula is C42H54N8O6. The van der Waals surface area contributed by atoms with Crippen LogP contribution in [0.5, 0.6) is 0 Å². The number of aromatic amines is 2. The van der Waals surface area contributed by atoms with E-state index in [1.54, 1.807) is 4.90 Å². The second kappa shape index (κ2) is 17.4. The first-order valence-electron chi connectivity index (χ1n) is 19.5. The summed E-state index contributed by atoms with van der Waals surface area (Å²) >= 11 is 0. The lowest BCUT2D eigenvalue weighted by atomic mass is 9.90. The maximum atomic E-state index is 13.8. The van der Waals surface area contributed by atoms with Gasteiger partial charge in [-0.05, 0) is 66.7 Å². The molecule has 6 rings (SSSR count). The van der Waals surface area contributed by atoms with Gasteiger partial charge in [0, 0.05) is 24.8 Å². The Balaban J connectivity index is 1.13. The Bertz CT molecular complexity index is 2050. The van der Waals surface area contributed by atoms with Crippen molar-refractivity contribution in [2.24, 2.45) is 17.8 Å². The summed E-state index contributed by atoms with van der Waals surface area (Å²) in [5.41, 5.74) is 5.44. The zero-order valence-electron chi connectivity index (χ0n) is 33.3. The smallest absolute Gasteiger partial charge is 0.407 e. The molecule has 2 aliphatic heterocycles. The van der Waals surface area contributed by atoms with Gasteiger partial charge in [-0.3, -0.25) is 9.59 Å². The summed E-state index contributed by atoms with van der Waals surface area (Å²) in [5.74, 6) is 1.38. The van der Waals surface area contributed by atoms with Gasteiger partial charge in [-0.15, -0.1) is 0 Å². The molecule has 2 saturated heterocycles. The van der Waals surface area contributed by atoms with Crippen molar-refractivity contribution < 1.29 is 28.7 Å². The molecule has 4 aromatic rings. The third-order valence-electron chi connectivity index (χ3n) is 10.9. The van der Waals surface area contributed by atoms with E-state index in [0.29, 0.717) is 19.0 Å². The quantitative estimate of drug-likeness (QED) is 0.120. The fraction of sp³-hybridized carbons (Fsp3) is 0.476. The van der Waals surface area contributed by atoms with Crippen molar-refractivity contribution in [3.63, 3.8) is 0 Å². The number of carbonyl (C=O) groups excluding carboxylic acids is 4. The van der Waals surface area contributed by atoms with Crippen LogP contribution in [0, 0.1) is 17.8 Å². The zero-order chi connectivity index (χ0) is 40.1. The number of nitrogens with one attached hydrogen (secondary N) is 4. The van der Waals surface area contributed by atoms with Crippen LogP contribution in [0.15, 0.2) is 48.7 Å². The van der Waals surface area contributed by atoms with Crippen molar-refractivity contribution in [3.05, 3.63) is 71.4 Å². The summed E-state index contributed by atoms with van der Waals surface area (Å²) in [6.45, 7) is 11.0. The summed E-state index contributed by atoms with van der Waals surface area (Å²) in [4.78, 5) is 71.6. The van der Waals surface area contributed by atoms with Crippen molar-refractivity contribution in [1.82, 2.24) is 40.4 Å². The lowest BCUT2D eigenvalue weighted by Crippen LogP contribution is -2.53. The molecule has 0 spiro atoms. The minimum absolute atomic E-state index is 0.105. The first-order valence-corrected chi connectivity index (χ1v) is 19.5. The van der Waals surface area contributed by atoms with E-state index >= 15 is 0 Å². The van der Waals surface area contributed by atoms with Gasteiger partial charge in [-0.1, -0.05) is 77.1 Å². The van der Waals surface area contributed by atoms with E-state index in [9.17, 15) is 19.2 Å². The van der Waals surface area contributed by atoms with Crippen LogP contribution in [0.4, 0.5) is 9.59 Å². The highest BCUT2D eigenvalue weighted by Gasteiger charge is 2.39. The molecule has 4 amide bonds. The number of ether oxygens (including phenoxy) is 2. The molecule has 2 aromatic heterocycles. The molecular weight excluding hydrogens is 713 g/mol. The zero-order valence-corrected chi connectivity index (χ0v) is 33.3. The molecule has 14 nitrogen and oxygen atoms in total. The predicted octanol–water partition coefficient (Wildman–Crippen LogP) is 6.85. The number of fused-ring (bicyclic) bond motifs is 1. The first kappa shape index (κ1) is 40.0. The third kappa shape index (κ3) is 8.90. The van der Waals surface area contributed by atoms with Gasteiger partial charge >= 0.3 is 12.2 Å². The van der Waals surface area contributed by atoms with Gasteiger partial charge in [-0.25, -0.2) is 19.6 Å². The SMILES string of the molecule is COC(=O)N[C@H](C(=O)N1CCC[C@H]1c1nc(-c2ccc(/C=C/c3ccc4[nH]c([C@@H]5C[C@@H](C)CCN5C(=O)[C@@H](NC(=O)OC)C(C)C)nc4c3)cc2)c[nH]1)C(C)C. The van der Waals surface area contributed by atoms with Crippen LogP contribution in [-0.2, 0) is 19.1 Å². The van der Waals surface area contributed by atoms with Crippen molar-refractivity contribution in [2.75, 3.05) is 27.3 Å². The third-order valence-corrected chi connectivity index (χ3v) is 10.9. The van der Waals surface area contributed by atoms with Gasteiger partial charge in [0.25, 0.3) is 0 Å². The van der Waals surface area contributed by atoms with Crippen molar-refractivity contribution >= 4 is 47.2 Å². The van der Waals surface area contributed by atoms with Crippen LogP contribution >= 0.6 is 0 Å². The molecule has 0 bridgehead atoms. The number of H-pyrrole nitrogens is 2. The molecule has 0 unspecified atom stereocenters. The molecule has 298 valence electrons. The molecule has 4 N–H and O–H groups in total. The topological polar surface area (TPSA) is 175 Å². The second-order valence-electron chi connectivity index (χ2n) is 15.6. The van der Waals surface area contributed by atoms with E-state index in [0.717, 1.165) is 70.7 Å². The molecule has 2 aliphatic rings. The van der Waals surface area contributed by atoms with E-state index in [4.69, 9.17) is 19.4 Å². The van der Waals surface area contributed by atoms with E-state index in [1.807, 2.05) is 93.4 Å². The molecule has 0 radical (unpaired) electrons. The maximum Gasteiger partial charge on any atom is 0.407 e. The monoisotopic (exact) mass is 766 g/mol. The van der Waals surface area contributed by atoms with Gasteiger partial charge in [0.1, 0.15) is 23.7 Å². The Morgan fingerprint density at radius 1 is 0.786 bits per heavy atom. The number of methoxy groups -OCH3 is 2. The van der Waals surface area contributed by atoms with Crippen LogP contribution < -0.4 is 10.6 Å². The molecule has 2 fully saturated rings. The van der Waals surface area contributed by atoms with Gasteiger partial charge in [-0.2, -0.15) is 0 Å². The molecule has 14 heteroatoms. The molecule has 5 atom stereocenters. The number of likely N-dealkylation sites (tertiary alicyclic amines) is 2. The number of benzene rings is 2. The number of aromatic nitrogens is 4. The van der Waals surface area contributed by atoms with Crippen molar-refractivity contribution in [1.29, 1.82) is 0 Å². The molecule has 56 heavy (non-hydrogen) atoms. The number of hydrogen-bond acceptors (Lipinski definition) is 8. The van der Waals surface area contributed by atoms with Gasteiger partial charge in [0.15, 0.2) is 0 Å². The highest BCUT2D eigenvalue weighted by Crippen LogP contribution is 2.35. The predicted molar refractivity (Wildman–Crippen MR) is 214 cm³/mol. The number of rotatable bonds is 11. The van der Waals surface area contributed by atoms with Crippen molar-refractivity contribution in [3.8, 4) is 11.3 Å². The fourth-order valence-corrected chi connectivity index (χ4v) is 7.65. The number of amides is 4. The number of imidazole rings is 2. The van der Waals surface area contributed by atoms with E-state index in [2.05, 4.69) is 27.5 Å². The Morgan fingerprint density at radius 2 is 1.39 bits per heavy atom. The first-order chi connectivity index (χ1) is 26.9. The number of alkyl carbamates (subject to hydrolysis) is 2. The number of hydrogen-bond donors (Lipinski definition) is 4. The minimum Gasteiger partial charge on any atom is -0.453 e. The fourth-order valence-electron chi connectivity index (χ4n) is 7.65. The summed E-state index contributed by atoms with van der Waals surface area (Å²) in [5, 5.41) is 5.42. The summed E-state index contributed by atoms with van der Waals surface area (Å²) < 4.78 is 9.55. The van der Waals surface area contributed by atoms with E-state index < -0.39 is 24.3 Å². The highest BCUT2D eigenvalue weighted by atomic mass is 16.5. The minimum atomic E-state index is -0.702. The molecule has 0 saturated carbocycles.